The van der Waals surface area contributed by atoms with Crippen LogP contribution in [0.5, 0.6) is 0 Å². The summed E-state index contributed by atoms with van der Waals surface area (Å²) in [5.74, 6) is -1.41. The van der Waals surface area contributed by atoms with Crippen LogP contribution in [0.1, 0.15) is 18.7 Å². The highest BCUT2D eigenvalue weighted by molar-refractivity contribution is 7.66. The number of nitrogens with two attached hydrogens (primary N) is 3. The lowest BCUT2D eigenvalue weighted by Crippen LogP contribution is -2.46. The third-order valence-electron chi connectivity index (χ3n) is 12.3. The molecule has 0 spiro atoms. The molecule has 9 rings (SSSR count). The molecule has 0 radical (unpaired) electrons. The number of aromatic amines is 2. The van der Waals surface area contributed by atoms with Gasteiger partial charge in [0.05, 0.1) is 52.2 Å². The predicted octanol–water partition coefficient (Wildman–Crippen LogP) is -3.15. The van der Waals surface area contributed by atoms with E-state index in [1.165, 1.54) is 34.2 Å². The minimum absolute atomic E-state index is 0.0218. The maximum absolute atomic E-state index is 13.7. The number of nitrogens with one attached hydrogen (secondary N) is 2. The van der Waals surface area contributed by atoms with Crippen LogP contribution in [-0.2, 0) is 80.4 Å². The van der Waals surface area contributed by atoms with Crippen molar-refractivity contribution < 1.29 is 108 Å². The van der Waals surface area contributed by atoms with Crippen LogP contribution >= 0.6 is 31.3 Å². The fraction of sp³-hybridized carbons (Fsp3) is 0.571. The molecule has 0 bridgehead atoms. The van der Waals surface area contributed by atoms with Crippen molar-refractivity contribution in [1.29, 1.82) is 0 Å². The first-order valence-electron chi connectivity index (χ1n) is 22.4. The molecule has 6 aromatic heterocycles. The number of nitrogens with zero attached hydrogens (tertiary/aromatic N) is 10. The molecule has 3 fully saturated rings. The monoisotopic (exact) mass is 1190 g/mol. The minimum atomic E-state index is -6.16. The van der Waals surface area contributed by atoms with Gasteiger partial charge in [-0.15, -0.1) is 0 Å². The van der Waals surface area contributed by atoms with Crippen LogP contribution in [0.2, 0.25) is 0 Å². The van der Waals surface area contributed by atoms with Crippen LogP contribution in [0.15, 0.2) is 34.9 Å². The zero-order chi connectivity index (χ0) is 56.4. The number of phosphoric acid groups is 4. The first kappa shape index (κ1) is 57.5. The van der Waals surface area contributed by atoms with E-state index in [1.54, 1.807) is 7.05 Å². The molecule has 428 valence electrons. The van der Waals surface area contributed by atoms with Crippen molar-refractivity contribution in [3.63, 3.8) is 0 Å². The van der Waals surface area contributed by atoms with Gasteiger partial charge in [-0.3, -0.25) is 51.4 Å². The van der Waals surface area contributed by atoms with Crippen molar-refractivity contribution in [2.24, 2.45) is 13.0 Å². The van der Waals surface area contributed by atoms with Crippen molar-refractivity contribution in [2.45, 2.75) is 67.5 Å². The SMILES string of the molecule is COC[C@H]1[C@@H](OC)[C@H]([n+]2cn(C)c3c(=O)[nH]c(N)nc32)O[C@@H]1COP(=O)(O)OP(=O)(O)OP(=O)(O)OC[C@H]1O[C@@H](n2cnc3c(N)ncnc32)[C@H](OC)[C@@H]1OP(=O)(O)OC[C@H]1O[C@@H](n2cnc3c(=O)[nH]c(N)nc32)[C@H](O)[C@@H]1O. The van der Waals surface area contributed by atoms with Crippen LogP contribution in [0.3, 0.4) is 0 Å². The van der Waals surface area contributed by atoms with E-state index in [0.717, 1.165) is 30.7 Å². The summed E-state index contributed by atoms with van der Waals surface area (Å²) in [4.78, 5) is 96.9. The number of hydrogen-bond acceptors (Lipinski definition) is 29. The van der Waals surface area contributed by atoms with Gasteiger partial charge in [-0.05, 0) is 0 Å². The van der Waals surface area contributed by atoms with E-state index in [4.69, 9.17) is 63.7 Å². The highest BCUT2D eigenvalue weighted by atomic mass is 31.3. The number of aliphatic hydroxyl groups is 2. The number of aliphatic hydroxyl groups excluding tert-OH is 2. The summed E-state index contributed by atoms with van der Waals surface area (Å²) in [6.07, 6.45) is -11.8. The largest absolute Gasteiger partial charge is 0.490 e. The van der Waals surface area contributed by atoms with E-state index in [0.29, 0.717) is 0 Å². The van der Waals surface area contributed by atoms with Gasteiger partial charge in [-0.1, -0.05) is 4.98 Å². The summed E-state index contributed by atoms with van der Waals surface area (Å²) in [7, 11) is -18.0. The standard InChI is InChI=1S/C35H49N15O24P4/c1-47-12-50(28-19(47)30(54)46-35(38)44-28)32-22(64-3)13(5-63-2)14(69-32)6-67-76(57,58)73-78(61,62)74-77(59,60)68-8-16-23(24(65-4)33(71-16)48-10-41-17-25(36)39-9-40-26(17)48)72-75(55,56)66-7-15-20(51)21(52)31(70-15)49-11-42-18-27(49)43-34(37)45-29(18)53/h9-16,20-24,31-33,51-52H,5-8H2,1-4H3,(H11-,36,37,38,39,40,43,44,45,46,53,54,55,56,57,58,59,60,61,62)/p+1/t13-,14-,15-,16-,20-,21-,22-,23-,24-,31-,32-,33-/m1/s1. The number of phosphoric ester groups is 3. The maximum atomic E-state index is 13.7. The number of methoxy groups -OCH3 is 3. The van der Waals surface area contributed by atoms with Gasteiger partial charge in [0, 0.05) is 27.2 Å². The van der Waals surface area contributed by atoms with Gasteiger partial charge in [0.15, 0.2) is 41.4 Å². The average molecular weight is 1190 g/mol. The Morgan fingerprint density at radius 1 is 0.667 bits per heavy atom. The fourth-order valence-electron chi connectivity index (χ4n) is 9.04. The summed E-state index contributed by atoms with van der Waals surface area (Å²) in [6, 6.07) is 0. The van der Waals surface area contributed by atoms with Gasteiger partial charge in [-0.25, -0.2) is 42.8 Å². The predicted molar refractivity (Wildman–Crippen MR) is 253 cm³/mol. The molecular weight excluding hydrogens is 1140 g/mol. The molecule has 9 heterocycles. The second-order valence-electron chi connectivity index (χ2n) is 17.3. The fourth-order valence-corrected chi connectivity index (χ4v) is 13.5. The lowest BCUT2D eigenvalue weighted by molar-refractivity contribution is -0.746. The van der Waals surface area contributed by atoms with E-state index >= 15 is 0 Å². The third-order valence-corrected chi connectivity index (χ3v) is 17.6. The number of hydrogen-bond donors (Lipinski definition) is 11. The second kappa shape index (κ2) is 22.1. The summed E-state index contributed by atoms with van der Waals surface area (Å²) >= 11 is 0. The van der Waals surface area contributed by atoms with Crippen molar-refractivity contribution in [3.8, 4) is 0 Å². The Hall–Kier alpha value is -5.15. The number of nitrogen functional groups attached to an aromatic ring is 3. The highest BCUT2D eigenvalue weighted by Crippen LogP contribution is 2.68. The van der Waals surface area contributed by atoms with Gasteiger partial charge in [0.2, 0.25) is 17.7 Å². The molecule has 78 heavy (non-hydrogen) atoms. The lowest BCUT2D eigenvalue weighted by Gasteiger charge is -2.26. The number of fused-ring (bicyclic) bond motifs is 3. The van der Waals surface area contributed by atoms with Crippen LogP contribution < -0.4 is 32.9 Å². The molecule has 14 N–H and O–H groups in total. The molecule has 0 aromatic carbocycles. The van der Waals surface area contributed by atoms with Crippen molar-refractivity contribution >= 4 is 82.5 Å². The molecule has 3 saturated heterocycles. The smallest absolute Gasteiger partial charge is 0.387 e. The number of H-pyrrole nitrogens is 2. The Morgan fingerprint density at radius 2 is 1.26 bits per heavy atom. The van der Waals surface area contributed by atoms with Crippen LogP contribution in [-0.4, -0.2) is 180 Å². The lowest BCUT2D eigenvalue weighted by atomic mass is 9.99. The minimum Gasteiger partial charge on any atom is -0.387 e. The average Bonchev–Trinajstić information content (AvgIpc) is 4.30. The summed E-state index contributed by atoms with van der Waals surface area (Å²) in [5, 5.41) is 21.8. The normalized spacial score (nSPS) is 29.8. The Morgan fingerprint density at radius 3 is 1.92 bits per heavy atom. The number of anilines is 3. The molecule has 39 nitrogen and oxygen atoms in total. The number of aromatic nitrogens is 12. The molecular formula is C35H50N15O24P4+. The topological polar surface area (TPSA) is 540 Å². The van der Waals surface area contributed by atoms with Crippen molar-refractivity contribution in [1.82, 2.24) is 53.6 Å². The zero-order valence-electron chi connectivity index (χ0n) is 40.6. The van der Waals surface area contributed by atoms with Gasteiger partial charge < -0.3 is 75.4 Å². The van der Waals surface area contributed by atoms with E-state index in [-0.39, 0.29) is 57.8 Å². The molecule has 16 atom stereocenters. The van der Waals surface area contributed by atoms with Crippen LogP contribution in [0, 0.1) is 5.92 Å². The van der Waals surface area contributed by atoms with Gasteiger partial charge in [0.25, 0.3) is 17.1 Å². The van der Waals surface area contributed by atoms with Crippen LogP contribution in [0.25, 0.3) is 33.5 Å². The molecule has 0 aliphatic carbocycles. The molecule has 43 heteroatoms. The van der Waals surface area contributed by atoms with Crippen molar-refractivity contribution in [2.75, 3.05) is 65.0 Å². The molecule has 0 amide bonds. The maximum Gasteiger partial charge on any atom is 0.490 e. The van der Waals surface area contributed by atoms with Gasteiger partial charge >= 0.3 is 36.9 Å². The molecule has 6 aromatic rings. The van der Waals surface area contributed by atoms with Gasteiger partial charge in [0.1, 0.15) is 54.6 Å². The Balaban J connectivity index is 0.873. The summed E-state index contributed by atoms with van der Waals surface area (Å²) < 4.78 is 122. The summed E-state index contributed by atoms with van der Waals surface area (Å²) in [6.45, 7) is -3.20. The van der Waals surface area contributed by atoms with Crippen molar-refractivity contribution in [3.05, 3.63) is 46.0 Å². The Kier molecular flexibility index (Phi) is 16.3. The number of aryl methyl sites for hydroxylation is 1. The number of ether oxygens (including phenoxy) is 6. The molecule has 3 aliphatic rings. The van der Waals surface area contributed by atoms with Crippen LogP contribution in [0.4, 0.5) is 17.7 Å². The highest BCUT2D eigenvalue weighted by Gasteiger charge is 2.54. The number of imidazole rings is 3. The summed E-state index contributed by atoms with van der Waals surface area (Å²) in [5.41, 5.74) is 16.0. The molecule has 3 aliphatic heterocycles. The number of rotatable bonds is 22. The first-order valence-corrected chi connectivity index (χ1v) is 28.4. The first-order chi connectivity index (χ1) is 36.7. The zero-order valence-corrected chi connectivity index (χ0v) is 44.2. The Labute approximate surface area is 434 Å². The molecule has 4 unspecified atom stereocenters. The van der Waals surface area contributed by atoms with E-state index in [1.807, 2.05) is 0 Å². The van der Waals surface area contributed by atoms with E-state index in [2.05, 4.69) is 48.5 Å². The van der Waals surface area contributed by atoms with Gasteiger partial charge in [-0.2, -0.15) is 13.6 Å². The second-order valence-corrected chi connectivity index (χ2v) is 23.3. The third kappa shape index (κ3) is 11.6. The Bertz CT molecular complexity index is 3530. The quantitative estimate of drug-likeness (QED) is 0.0236. The van der Waals surface area contributed by atoms with E-state index < -0.39 is 136 Å². The van der Waals surface area contributed by atoms with E-state index in [9.17, 15) is 57.6 Å². The molecule has 0 saturated carbocycles.